The summed E-state index contributed by atoms with van der Waals surface area (Å²) in [5, 5.41) is 10.7. The van der Waals surface area contributed by atoms with Crippen LogP contribution in [0.2, 0.25) is 0 Å². The molecule has 4 atom stereocenters. The molecule has 4 unspecified atom stereocenters. The summed E-state index contributed by atoms with van der Waals surface area (Å²) in [6.07, 6.45) is 4.49. The van der Waals surface area contributed by atoms with Gasteiger partial charge in [-0.2, -0.15) is 0 Å². The summed E-state index contributed by atoms with van der Waals surface area (Å²) < 4.78 is 0. The van der Waals surface area contributed by atoms with E-state index in [0.717, 1.165) is 30.9 Å². The third-order valence-corrected chi connectivity index (χ3v) is 5.04. The maximum atomic E-state index is 10.7. The van der Waals surface area contributed by atoms with Crippen LogP contribution in [0.3, 0.4) is 0 Å². The fourth-order valence-corrected chi connectivity index (χ4v) is 3.85. The minimum atomic E-state index is -0.308. The standard InChI is InChI=1S/C17H25NO/c1-12-7-8-13(2)18(11-12)16-10-9-14-5-3-4-6-15(14)17(16)19/h3-6,12-13,16-17,19H,7-11H2,1-2H3. The van der Waals surface area contributed by atoms with E-state index in [1.165, 1.54) is 18.4 Å². The van der Waals surface area contributed by atoms with Crippen LogP contribution in [-0.4, -0.2) is 28.6 Å². The molecule has 2 heteroatoms. The van der Waals surface area contributed by atoms with E-state index in [1.807, 2.05) is 6.07 Å². The Kier molecular flexibility index (Phi) is 3.64. The lowest BCUT2D eigenvalue weighted by atomic mass is 9.82. The second-order valence-electron chi connectivity index (χ2n) is 6.48. The zero-order valence-corrected chi connectivity index (χ0v) is 12.0. The Morgan fingerprint density at radius 2 is 1.89 bits per heavy atom. The maximum Gasteiger partial charge on any atom is 0.0948 e. The highest BCUT2D eigenvalue weighted by Gasteiger charge is 2.36. The number of hydrogen-bond acceptors (Lipinski definition) is 2. The Labute approximate surface area is 116 Å². The first-order chi connectivity index (χ1) is 9.16. The molecular formula is C17H25NO. The van der Waals surface area contributed by atoms with Gasteiger partial charge in [-0.3, -0.25) is 4.90 Å². The number of piperidine rings is 1. The number of fused-ring (bicyclic) bond motifs is 1. The number of likely N-dealkylation sites (tertiary alicyclic amines) is 1. The van der Waals surface area contributed by atoms with Gasteiger partial charge in [0.1, 0.15) is 0 Å². The summed E-state index contributed by atoms with van der Waals surface area (Å²) in [6.45, 7) is 5.80. The van der Waals surface area contributed by atoms with Gasteiger partial charge in [0.2, 0.25) is 0 Å². The van der Waals surface area contributed by atoms with Crippen LogP contribution in [0.1, 0.15) is 50.3 Å². The highest BCUT2D eigenvalue weighted by molar-refractivity contribution is 5.32. The van der Waals surface area contributed by atoms with Crippen LogP contribution in [0.4, 0.5) is 0 Å². The first kappa shape index (κ1) is 13.1. The first-order valence-electron chi connectivity index (χ1n) is 7.68. The molecule has 104 valence electrons. The van der Waals surface area contributed by atoms with Crippen molar-refractivity contribution < 1.29 is 5.11 Å². The van der Waals surface area contributed by atoms with Gasteiger partial charge in [0, 0.05) is 18.6 Å². The molecule has 0 saturated carbocycles. The summed E-state index contributed by atoms with van der Waals surface area (Å²) in [5.74, 6) is 0.764. The minimum Gasteiger partial charge on any atom is -0.387 e. The van der Waals surface area contributed by atoms with E-state index < -0.39 is 0 Å². The number of aliphatic hydroxyl groups excluding tert-OH is 1. The molecule has 1 N–H and O–H groups in total. The van der Waals surface area contributed by atoms with Gasteiger partial charge in [-0.1, -0.05) is 31.2 Å². The zero-order valence-electron chi connectivity index (χ0n) is 12.0. The Balaban J connectivity index is 1.83. The molecule has 0 bridgehead atoms. The topological polar surface area (TPSA) is 23.5 Å². The molecule has 1 aliphatic heterocycles. The zero-order chi connectivity index (χ0) is 13.4. The van der Waals surface area contributed by atoms with Gasteiger partial charge >= 0.3 is 0 Å². The van der Waals surface area contributed by atoms with Gasteiger partial charge in [0.15, 0.2) is 0 Å². The van der Waals surface area contributed by atoms with Gasteiger partial charge in [-0.25, -0.2) is 0 Å². The molecule has 1 saturated heterocycles. The monoisotopic (exact) mass is 259 g/mol. The molecule has 19 heavy (non-hydrogen) atoms. The second kappa shape index (κ2) is 5.26. The molecule has 1 aromatic carbocycles. The average Bonchev–Trinajstić information content (AvgIpc) is 2.43. The maximum absolute atomic E-state index is 10.7. The lowest BCUT2D eigenvalue weighted by Gasteiger charge is -2.45. The van der Waals surface area contributed by atoms with Crippen molar-refractivity contribution in [3.05, 3.63) is 35.4 Å². The van der Waals surface area contributed by atoms with Crippen molar-refractivity contribution in [1.29, 1.82) is 0 Å². The van der Waals surface area contributed by atoms with E-state index in [-0.39, 0.29) is 6.10 Å². The first-order valence-corrected chi connectivity index (χ1v) is 7.68. The molecule has 1 fully saturated rings. The lowest BCUT2D eigenvalue weighted by molar-refractivity contribution is -0.0104. The van der Waals surface area contributed by atoms with E-state index in [0.29, 0.717) is 12.1 Å². The number of nitrogens with zero attached hydrogens (tertiary/aromatic N) is 1. The fourth-order valence-electron chi connectivity index (χ4n) is 3.85. The van der Waals surface area contributed by atoms with Crippen molar-refractivity contribution in [2.45, 2.75) is 57.7 Å². The van der Waals surface area contributed by atoms with Crippen LogP contribution in [-0.2, 0) is 6.42 Å². The number of aliphatic hydroxyl groups is 1. The third kappa shape index (κ3) is 2.44. The predicted octanol–water partition coefficient (Wildman–Crippen LogP) is 3.16. The van der Waals surface area contributed by atoms with E-state index in [2.05, 4.69) is 36.9 Å². The van der Waals surface area contributed by atoms with Crippen LogP contribution in [0.25, 0.3) is 0 Å². The van der Waals surface area contributed by atoms with Crippen LogP contribution in [0.5, 0.6) is 0 Å². The second-order valence-corrected chi connectivity index (χ2v) is 6.48. The highest BCUT2D eigenvalue weighted by atomic mass is 16.3. The van der Waals surface area contributed by atoms with Crippen molar-refractivity contribution in [3.8, 4) is 0 Å². The molecular weight excluding hydrogens is 234 g/mol. The Morgan fingerprint density at radius 3 is 2.74 bits per heavy atom. The number of hydrogen-bond donors (Lipinski definition) is 1. The Bertz CT molecular complexity index is 445. The van der Waals surface area contributed by atoms with Crippen LogP contribution >= 0.6 is 0 Å². The van der Waals surface area contributed by atoms with E-state index in [9.17, 15) is 5.11 Å². The molecule has 1 heterocycles. The van der Waals surface area contributed by atoms with Gasteiger partial charge < -0.3 is 5.11 Å². The molecule has 2 nitrogen and oxygen atoms in total. The summed E-state index contributed by atoms with van der Waals surface area (Å²) in [4.78, 5) is 2.56. The molecule has 3 rings (SSSR count). The van der Waals surface area contributed by atoms with E-state index in [1.54, 1.807) is 0 Å². The Morgan fingerprint density at radius 1 is 1.11 bits per heavy atom. The molecule has 1 aliphatic carbocycles. The predicted molar refractivity (Wildman–Crippen MR) is 78.1 cm³/mol. The smallest absolute Gasteiger partial charge is 0.0948 e. The Hall–Kier alpha value is -0.860. The highest BCUT2D eigenvalue weighted by Crippen LogP contribution is 2.36. The molecule has 2 aliphatic rings. The van der Waals surface area contributed by atoms with Crippen LogP contribution < -0.4 is 0 Å². The van der Waals surface area contributed by atoms with Gasteiger partial charge in [0.25, 0.3) is 0 Å². The summed E-state index contributed by atoms with van der Waals surface area (Å²) in [6, 6.07) is 9.32. The van der Waals surface area contributed by atoms with Crippen molar-refractivity contribution in [2.75, 3.05) is 6.54 Å². The molecule has 1 aromatic rings. The lowest BCUT2D eigenvalue weighted by Crippen LogP contribution is -2.51. The van der Waals surface area contributed by atoms with Crippen molar-refractivity contribution in [1.82, 2.24) is 4.90 Å². The summed E-state index contributed by atoms with van der Waals surface area (Å²) >= 11 is 0. The fraction of sp³-hybridized carbons (Fsp3) is 0.647. The number of benzene rings is 1. The molecule has 0 aromatic heterocycles. The quantitative estimate of drug-likeness (QED) is 0.837. The normalized spacial score (nSPS) is 35.9. The molecule has 0 spiro atoms. The van der Waals surface area contributed by atoms with Crippen molar-refractivity contribution >= 4 is 0 Å². The van der Waals surface area contributed by atoms with Crippen molar-refractivity contribution in [3.63, 3.8) is 0 Å². The van der Waals surface area contributed by atoms with Gasteiger partial charge in [-0.15, -0.1) is 0 Å². The molecule has 0 radical (unpaired) electrons. The number of aryl methyl sites for hydroxylation is 1. The largest absolute Gasteiger partial charge is 0.387 e. The van der Waals surface area contributed by atoms with Gasteiger partial charge in [-0.05, 0) is 49.7 Å². The third-order valence-electron chi connectivity index (χ3n) is 5.04. The average molecular weight is 259 g/mol. The van der Waals surface area contributed by atoms with Crippen molar-refractivity contribution in [2.24, 2.45) is 5.92 Å². The van der Waals surface area contributed by atoms with Gasteiger partial charge in [0.05, 0.1) is 6.10 Å². The SMILES string of the molecule is CC1CCC(C)N(C2CCc3ccccc3C2O)C1. The minimum absolute atomic E-state index is 0.308. The van der Waals surface area contributed by atoms with Crippen LogP contribution in [0.15, 0.2) is 24.3 Å². The van der Waals surface area contributed by atoms with E-state index in [4.69, 9.17) is 0 Å². The summed E-state index contributed by atoms with van der Waals surface area (Å²) in [5.41, 5.74) is 2.49. The van der Waals surface area contributed by atoms with Crippen LogP contribution in [0, 0.1) is 5.92 Å². The number of rotatable bonds is 1. The summed E-state index contributed by atoms with van der Waals surface area (Å²) in [7, 11) is 0. The van der Waals surface area contributed by atoms with E-state index >= 15 is 0 Å². The molecule has 0 amide bonds.